The second-order valence-electron chi connectivity index (χ2n) is 11.4. The van der Waals surface area contributed by atoms with Gasteiger partial charge < -0.3 is 25.2 Å². The maximum absolute atomic E-state index is 13.4. The van der Waals surface area contributed by atoms with Crippen molar-refractivity contribution >= 4 is 56.1 Å². The summed E-state index contributed by atoms with van der Waals surface area (Å²) in [6.45, 7) is 6.73. The van der Waals surface area contributed by atoms with Gasteiger partial charge in [-0.05, 0) is 50.1 Å². The average Bonchev–Trinajstić information content (AvgIpc) is 3.50. The molecule has 0 unspecified atom stereocenters. The molecule has 2 saturated heterocycles. The fraction of sp³-hybridized carbons (Fsp3) is 0.467. The summed E-state index contributed by atoms with van der Waals surface area (Å²) in [6, 6.07) is 10.6. The largest absolute Gasteiger partial charge is 0.494 e. The van der Waals surface area contributed by atoms with Crippen LogP contribution in [0.15, 0.2) is 42.6 Å². The predicted octanol–water partition coefficient (Wildman–Crippen LogP) is 4.46. The van der Waals surface area contributed by atoms with Crippen molar-refractivity contribution in [1.82, 2.24) is 19.8 Å². The second-order valence-corrected chi connectivity index (χ2v) is 13.7. The number of ether oxygens (including phenoxy) is 1. The molecule has 6 rings (SSSR count). The molecule has 14 heteroatoms. The number of methoxy groups -OCH3 is 1. The number of nitrogens with zero attached hydrogens (tertiary/aromatic N) is 6. The highest BCUT2D eigenvalue weighted by Crippen LogP contribution is 2.40. The number of aromatic nitrogens is 2. The Hall–Kier alpha value is -3.39. The maximum Gasteiger partial charge on any atom is 0.264 e. The number of para-hydroxylation sites is 1. The Morgan fingerprint density at radius 2 is 1.80 bits per heavy atom. The van der Waals surface area contributed by atoms with Crippen molar-refractivity contribution in [3.05, 3.63) is 53.2 Å². The van der Waals surface area contributed by atoms with E-state index in [2.05, 4.69) is 48.4 Å². The number of nitrogens with one attached hydrogen (secondary N) is 2. The molecule has 4 heterocycles. The number of likely N-dealkylation sites (N-methyl/N-ethyl adjacent to an activating group) is 1. The van der Waals surface area contributed by atoms with Crippen molar-refractivity contribution in [3.8, 4) is 5.75 Å². The number of piperidine rings is 1. The van der Waals surface area contributed by atoms with Gasteiger partial charge in [-0.25, -0.2) is 17.8 Å². The van der Waals surface area contributed by atoms with E-state index in [1.54, 1.807) is 13.2 Å². The first-order valence-corrected chi connectivity index (χ1v) is 16.8. The topological polar surface area (TPSA) is 106 Å². The van der Waals surface area contributed by atoms with Gasteiger partial charge in [0.1, 0.15) is 10.8 Å². The summed E-state index contributed by atoms with van der Waals surface area (Å²) in [4.78, 5) is 16.3. The first-order valence-electron chi connectivity index (χ1n) is 14.9. The van der Waals surface area contributed by atoms with Crippen molar-refractivity contribution in [2.24, 2.45) is 0 Å². The minimum absolute atomic E-state index is 0.175. The van der Waals surface area contributed by atoms with Crippen LogP contribution in [0.5, 0.6) is 5.75 Å². The van der Waals surface area contributed by atoms with E-state index in [0.717, 1.165) is 67.7 Å². The van der Waals surface area contributed by atoms with Crippen LogP contribution in [0, 0.1) is 0 Å². The zero-order valence-corrected chi connectivity index (χ0v) is 26.5. The van der Waals surface area contributed by atoms with Gasteiger partial charge in [0.15, 0.2) is 5.82 Å². The molecule has 0 spiro atoms. The molecule has 0 radical (unpaired) electrons. The number of sulfonamides is 1. The molecule has 3 aliphatic heterocycles. The molecule has 236 valence electrons. The quantitative estimate of drug-likeness (QED) is 0.347. The van der Waals surface area contributed by atoms with Crippen molar-refractivity contribution in [2.75, 3.05) is 85.8 Å². The van der Waals surface area contributed by atoms with Gasteiger partial charge in [-0.3, -0.25) is 9.21 Å². The van der Waals surface area contributed by atoms with Crippen molar-refractivity contribution in [3.63, 3.8) is 0 Å². The van der Waals surface area contributed by atoms with Crippen LogP contribution in [-0.4, -0.2) is 100 Å². The smallest absolute Gasteiger partial charge is 0.264 e. The van der Waals surface area contributed by atoms with Crippen LogP contribution in [0.25, 0.3) is 0 Å². The summed E-state index contributed by atoms with van der Waals surface area (Å²) in [5, 5.41) is 6.61. The lowest BCUT2D eigenvalue weighted by Crippen LogP contribution is -2.52. The van der Waals surface area contributed by atoms with Crippen molar-refractivity contribution < 1.29 is 17.5 Å². The lowest BCUT2D eigenvalue weighted by atomic mass is 10.0. The first kappa shape index (κ1) is 30.6. The molecule has 2 N–H and O–H groups in total. The lowest BCUT2D eigenvalue weighted by molar-refractivity contribution is 0.0982. The third-order valence-electron chi connectivity index (χ3n) is 8.74. The number of fused-ring (bicyclic) bond motifs is 1. The molecule has 0 aliphatic carbocycles. The molecular formula is C30H38ClFN8O3S. The third kappa shape index (κ3) is 6.37. The van der Waals surface area contributed by atoms with E-state index in [0.29, 0.717) is 35.3 Å². The Balaban J connectivity index is 1.16. The molecule has 0 saturated carbocycles. The fourth-order valence-corrected chi connectivity index (χ4v) is 7.40. The van der Waals surface area contributed by atoms with Crippen LogP contribution in [-0.2, 0) is 16.4 Å². The number of alkyl halides is 1. The third-order valence-corrected chi connectivity index (χ3v) is 10.3. The van der Waals surface area contributed by atoms with E-state index < -0.39 is 16.0 Å². The van der Waals surface area contributed by atoms with Gasteiger partial charge in [0, 0.05) is 63.6 Å². The molecule has 0 bridgehead atoms. The fourth-order valence-electron chi connectivity index (χ4n) is 6.28. The molecule has 2 fully saturated rings. The molecule has 3 aliphatic rings. The zero-order valence-electron chi connectivity index (χ0n) is 25.0. The van der Waals surface area contributed by atoms with Crippen LogP contribution in [0.1, 0.15) is 18.4 Å². The summed E-state index contributed by atoms with van der Waals surface area (Å²) in [7, 11) is -0.264. The monoisotopic (exact) mass is 644 g/mol. The Kier molecular flexibility index (Phi) is 8.99. The van der Waals surface area contributed by atoms with Gasteiger partial charge in [0.2, 0.25) is 12.0 Å². The molecular weight excluding hydrogens is 607 g/mol. The zero-order chi connectivity index (χ0) is 30.8. The average molecular weight is 645 g/mol. The maximum atomic E-state index is 13.4. The van der Waals surface area contributed by atoms with E-state index in [4.69, 9.17) is 16.3 Å². The normalized spacial score (nSPS) is 18.4. The van der Waals surface area contributed by atoms with Crippen LogP contribution in [0.4, 0.5) is 38.9 Å². The lowest BCUT2D eigenvalue weighted by Gasteiger charge is -2.42. The highest BCUT2D eigenvalue weighted by Gasteiger charge is 2.32. The van der Waals surface area contributed by atoms with E-state index in [1.165, 1.54) is 6.20 Å². The van der Waals surface area contributed by atoms with Gasteiger partial charge in [-0.1, -0.05) is 23.7 Å². The van der Waals surface area contributed by atoms with E-state index in [1.807, 2.05) is 24.3 Å². The molecule has 44 heavy (non-hydrogen) atoms. The Morgan fingerprint density at radius 3 is 2.52 bits per heavy atom. The van der Waals surface area contributed by atoms with Gasteiger partial charge in [0.25, 0.3) is 10.0 Å². The van der Waals surface area contributed by atoms with Gasteiger partial charge in [0.05, 0.1) is 30.4 Å². The number of rotatable bonds is 9. The second kappa shape index (κ2) is 12.9. The number of anilines is 6. The molecule has 1 aromatic heterocycles. The molecule has 2 aromatic carbocycles. The van der Waals surface area contributed by atoms with Gasteiger partial charge in [-0.15, -0.1) is 0 Å². The number of halogens is 2. The van der Waals surface area contributed by atoms with Gasteiger partial charge >= 0.3 is 0 Å². The number of benzene rings is 2. The number of hydrogen-bond acceptors (Lipinski definition) is 10. The van der Waals surface area contributed by atoms with E-state index in [-0.39, 0.29) is 23.3 Å². The van der Waals surface area contributed by atoms with Crippen LogP contribution in [0.2, 0.25) is 5.02 Å². The summed E-state index contributed by atoms with van der Waals surface area (Å²) in [5.74, 6) is 1.21. The summed E-state index contributed by atoms with van der Waals surface area (Å²) < 4.78 is 45.0. The Bertz CT molecular complexity index is 1600. The van der Waals surface area contributed by atoms with Crippen molar-refractivity contribution in [1.29, 1.82) is 0 Å². The van der Waals surface area contributed by atoms with E-state index in [9.17, 15) is 12.8 Å². The standard InChI is InChI=1S/C30H38ClFN8O3S/c1-37-14-16-39(17-15-37)22-9-11-38(12-10-22)23-6-7-25(27(18-23)43-2)35-30-33-19-24(31)29(36-30)34-26-5-3-4-21-8-13-40(28(21)26)44(41,42)20-32/h3-7,18-19,22H,8-17,20H2,1-2H3,(H2,33,34,35,36). The molecule has 11 nitrogen and oxygen atoms in total. The minimum Gasteiger partial charge on any atom is -0.494 e. The first-order chi connectivity index (χ1) is 21.3. The predicted molar refractivity (Wildman–Crippen MR) is 173 cm³/mol. The summed E-state index contributed by atoms with van der Waals surface area (Å²) >= 11 is 6.44. The van der Waals surface area contributed by atoms with Crippen molar-refractivity contribution in [2.45, 2.75) is 25.3 Å². The Labute approximate surface area is 263 Å². The summed E-state index contributed by atoms with van der Waals surface area (Å²) in [5.41, 5.74) is 3.46. The minimum atomic E-state index is -4.09. The van der Waals surface area contributed by atoms with Crippen LogP contribution >= 0.6 is 11.6 Å². The Morgan fingerprint density at radius 1 is 1.02 bits per heavy atom. The molecule has 0 atom stereocenters. The number of piperazine rings is 1. The van der Waals surface area contributed by atoms with Crippen LogP contribution in [0.3, 0.4) is 0 Å². The highest BCUT2D eigenvalue weighted by molar-refractivity contribution is 7.92. The highest BCUT2D eigenvalue weighted by atomic mass is 35.5. The summed E-state index contributed by atoms with van der Waals surface area (Å²) in [6.07, 6.45) is 4.23. The van der Waals surface area contributed by atoms with Crippen LogP contribution < -0.4 is 24.6 Å². The van der Waals surface area contributed by atoms with Gasteiger partial charge in [-0.2, -0.15) is 4.98 Å². The SMILES string of the molecule is COc1cc(N2CCC(N3CCN(C)CC3)CC2)ccc1Nc1ncc(Cl)c(Nc2cccc3c2N(S(=O)(=O)CF)CC3)n1. The van der Waals surface area contributed by atoms with E-state index >= 15 is 0 Å². The molecule has 0 amide bonds. The molecule has 3 aromatic rings. The number of hydrogen-bond donors (Lipinski definition) is 2.